The second-order valence-electron chi connectivity index (χ2n) is 27.2. The second-order valence-corrected chi connectivity index (χ2v) is 27.7. The lowest BCUT2D eigenvalue weighted by Gasteiger charge is -2.43. The van der Waals surface area contributed by atoms with Crippen molar-refractivity contribution in [2.75, 3.05) is 115 Å². The monoisotopic (exact) mass is 1440 g/mol. The molecule has 5 fully saturated rings. The first kappa shape index (κ1) is 81.6. The van der Waals surface area contributed by atoms with Gasteiger partial charge in [-0.1, -0.05) is 77.0 Å². The van der Waals surface area contributed by atoms with Gasteiger partial charge >= 0.3 is 12.4 Å². The van der Waals surface area contributed by atoms with Crippen LogP contribution in [-0.4, -0.2) is 284 Å². The number of rotatable bonds is 12. The zero-order chi connectivity index (χ0) is 74.3. The Hall–Kier alpha value is -7.35. The Balaban J connectivity index is 1.44. The maximum absolute atomic E-state index is 15.7. The summed E-state index contributed by atoms with van der Waals surface area (Å²) in [5, 5.41) is 7.42. The fraction of sp³-hybridized carbons (Fsp3) is 0.731. The lowest BCUT2D eigenvalue weighted by Crippen LogP contribution is -2.65. The van der Waals surface area contributed by atoms with Crippen molar-refractivity contribution in [1.82, 2.24) is 60.0 Å². The lowest BCUT2D eigenvalue weighted by atomic mass is 9.81. The molecule has 1 unspecified atom stereocenters. The highest BCUT2D eigenvalue weighted by Crippen LogP contribution is 2.38. The summed E-state index contributed by atoms with van der Waals surface area (Å²) in [6.45, 7) is 2.54. The third kappa shape index (κ3) is 20.9. The quantitative estimate of drug-likeness (QED) is 0.199. The minimum atomic E-state index is -5.12. The van der Waals surface area contributed by atoms with Gasteiger partial charge in [0.05, 0.1) is 62.9 Å². The number of benzene rings is 1. The number of carbonyl (C=O) groups excluding carboxylic acids is 12. The summed E-state index contributed by atoms with van der Waals surface area (Å²) in [4.78, 5) is 186. The number of hydrogen-bond acceptors (Lipinski definition) is 14. The van der Waals surface area contributed by atoms with E-state index in [2.05, 4.69) is 16.0 Å². The average molecular weight is 1450 g/mol. The lowest BCUT2D eigenvalue weighted by molar-refractivity contribution is -0.164. The maximum atomic E-state index is 15.7. The van der Waals surface area contributed by atoms with Gasteiger partial charge in [-0.15, -0.1) is 0 Å². The maximum Gasteiger partial charge on any atom is 0.417 e. The Morgan fingerprint density at radius 1 is 0.680 bits per heavy atom. The molecule has 2 aliphatic carbocycles. The van der Waals surface area contributed by atoms with E-state index in [4.69, 9.17) is 21.1 Å². The Labute approximate surface area is 585 Å². The molecule has 1 aromatic rings. The van der Waals surface area contributed by atoms with Gasteiger partial charge in [0.15, 0.2) is 0 Å². The summed E-state index contributed by atoms with van der Waals surface area (Å²) >= 11 is 6.11. The molecule has 12 amide bonds. The molecule has 3 heterocycles. The molecule has 1 aromatic carbocycles. The van der Waals surface area contributed by atoms with Crippen LogP contribution in [0.1, 0.15) is 135 Å². The van der Waals surface area contributed by atoms with E-state index >= 15 is 19.2 Å². The molecule has 3 N–H and O–H groups in total. The molecule has 8 atom stereocenters. The molecule has 26 nitrogen and oxygen atoms in total. The van der Waals surface area contributed by atoms with E-state index in [0.717, 1.165) is 56.2 Å². The molecule has 0 radical (unpaired) electrons. The molecule has 0 aromatic heterocycles. The van der Waals surface area contributed by atoms with Crippen molar-refractivity contribution in [3.8, 4) is 0 Å². The molecule has 1 spiro atoms. The molecular formula is C67H99ClF6N12O14. The van der Waals surface area contributed by atoms with Crippen molar-refractivity contribution < 1.29 is 93.4 Å². The smallest absolute Gasteiger partial charge is 0.379 e. The van der Waals surface area contributed by atoms with Crippen molar-refractivity contribution in [1.29, 1.82) is 0 Å². The minimum absolute atomic E-state index is 0.00341. The van der Waals surface area contributed by atoms with Gasteiger partial charge in [-0.25, -0.2) is 0 Å². The molecule has 3 saturated heterocycles. The Bertz CT molecular complexity index is 3110. The number of carbonyl (C=O) groups is 12. The van der Waals surface area contributed by atoms with Crippen molar-refractivity contribution in [2.24, 2.45) is 11.8 Å². The van der Waals surface area contributed by atoms with Crippen LogP contribution in [-0.2, 0) is 79.6 Å². The number of nitrogens with one attached hydrogen (secondary N) is 3. The summed E-state index contributed by atoms with van der Waals surface area (Å²) in [5.74, 6) is -12.2. The molecule has 100 heavy (non-hydrogen) atoms. The predicted molar refractivity (Wildman–Crippen MR) is 352 cm³/mol. The van der Waals surface area contributed by atoms with Gasteiger partial charge in [0.2, 0.25) is 70.9 Å². The molecule has 33 heteroatoms. The van der Waals surface area contributed by atoms with Gasteiger partial charge in [0, 0.05) is 75.6 Å². The molecule has 2 saturated carbocycles. The average Bonchev–Trinajstić information content (AvgIpc) is 1.39. The number of morpholine rings is 1. The van der Waals surface area contributed by atoms with Crippen LogP contribution in [0.25, 0.3) is 0 Å². The first-order valence-electron chi connectivity index (χ1n) is 34.3. The van der Waals surface area contributed by atoms with E-state index in [-0.39, 0.29) is 90.0 Å². The number of amides is 12. The number of hydrogen-bond donors (Lipinski definition) is 3. The molecule has 0 bridgehead atoms. The van der Waals surface area contributed by atoms with Crippen LogP contribution in [0, 0.1) is 11.8 Å². The van der Waals surface area contributed by atoms with Gasteiger partial charge in [-0.3, -0.25) is 57.5 Å². The van der Waals surface area contributed by atoms with E-state index in [9.17, 15) is 64.7 Å². The minimum Gasteiger partial charge on any atom is -0.379 e. The van der Waals surface area contributed by atoms with Crippen molar-refractivity contribution in [3.05, 3.63) is 34.3 Å². The third-order valence-corrected chi connectivity index (χ3v) is 20.4. The molecule has 5 aliphatic rings. The van der Waals surface area contributed by atoms with Crippen LogP contribution in [0.5, 0.6) is 0 Å². The zero-order valence-corrected chi connectivity index (χ0v) is 59.7. The van der Waals surface area contributed by atoms with Crippen LogP contribution in [0.15, 0.2) is 18.2 Å². The largest absolute Gasteiger partial charge is 0.417 e. The number of halogens is 7. The summed E-state index contributed by atoms with van der Waals surface area (Å²) in [6.07, 6.45) is -8.36. The van der Waals surface area contributed by atoms with Gasteiger partial charge in [0.25, 0.3) is 0 Å². The van der Waals surface area contributed by atoms with Gasteiger partial charge < -0.3 is 69.5 Å². The fourth-order valence-corrected chi connectivity index (χ4v) is 14.1. The van der Waals surface area contributed by atoms with Crippen LogP contribution < -0.4 is 16.0 Å². The Kier molecular flexibility index (Phi) is 29.4. The van der Waals surface area contributed by atoms with Crippen molar-refractivity contribution in [3.63, 3.8) is 0 Å². The highest BCUT2D eigenvalue weighted by molar-refractivity contribution is 6.31. The Morgan fingerprint density at radius 3 is 1.90 bits per heavy atom. The van der Waals surface area contributed by atoms with E-state index in [1.54, 1.807) is 13.8 Å². The molecule has 560 valence electrons. The predicted octanol–water partition coefficient (Wildman–Crippen LogP) is 3.63. The number of likely N-dealkylation sites (N-methyl/N-ethyl adjacent to an activating group) is 7. The molecule has 3 aliphatic heterocycles. The zero-order valence-electron chi connectivity index (χ0n) is 58.9. The Morgan fingerprint density at radius 2 is 1.30 bits per heavy atom. The fourth-order valence-electron chi connectivity index (χ4n) is 13.8. The first-order chi connectivity index (χ1) is 47.0. The number of nitrogens with zero attached hydrogens (tertiary/aromatic N) is 9. The third-order valence-electron chi connectivity index (χ3n) is 20.1. The number of aryl methyl sites for hydroxylation is 1. The second kappa shape index (κ2) is 36.0. The summed E-state index contributed by atoms with van der Waals surface area (Å²) in [7, 11) is 8.45. The van der Waals surface area contributed by atoms with Crippen molar-refractivity contribution in [2.45, 2.75) is 190 Å². The topological polar surface area (TPSA) is 289 Å². The van der Waals surface area contributed by atoms with E-state index in [1.807, 2.05) is 0 Å². The first-order valence-corrected chi connectivity index (χ1v) is 34.7. The van der Waals surface area contributed by atoms with Crippen LogP contribution in [0.3, 0.4) is 0 Å². The summed E-state index contributed by atoms with van der Waals surface area (Å²) in [6, 6.07) is -8.28. The van der Waals surface area contributed by atoms with Crippen LogP contribution >= 0.6 is 11.6 Å². The van der Waals surface area contributed by atoms with E-state index in [0.29, 0.717) is 49.8 Å². The van der Waals surface area contributed by atoms with Gasteiger partial charge in [-0.05, 0) is 87.3 Å². The van der Waals surface area contributed by atoms with Crippen LogP contribution in [0.2, 0.25) is 5.02 Å². The normalized spacial score (nSPS) is 25.9. The van der Waals surface area contributed by atoms with Crippen LogP contribution in [0.4, 0.5) is 26.3 Å². The SMILES string of the molecule is CCCOC[C@H]1C(=O)N(C)CC(=O)N[C@@H](CCc2ccc(C(F)(F)F)c(Cl)c2)C(=O)N2CCCC2C(=O)NC2(CCCC2)C(=O)N(C)[C@@H](C2CCCCC2)C(=O)N(C)[C@H](C(=O)N2CCOCC2)CC(=O)N(C)[C@@H](CC(F)(F)F)C(=O)N[C@@H]([C@@H](C)CC)C(=O)N(C)CC(=O)N(C)CC(=O)N1C. The number of alkyl halides is 6. The highest BCUT2D eigenvalue weighted by Gasteiger charge is 2.52. The van der Waals surface area contributed by atoms with Crippen molar-refractivity contribution >= 4 is 82.5 Å². The summed E-state index contributed by atoms with van der Waals surface area (Å²) in [5.41, 5.74) is -2.55. The molecule has 6 rings (SSSR count). The molecular weight excluding hydrogens is 1350 g/mol. The van der Waals surface area contributed by atoms with E-state index in [1.165, 1.54) is 63.9 Å². The number of fused-ring (bicyclic) bond motifs is 1. The van der Waals surface area contributed by atoms with Gasteiger partial charge in [0.1, 0.15) is 47.8 Å². The van der Waals surface area contributed by atoms with Gasteiger partial charge in [-0.2, -0.15) is 26.3 Å². The highest BCUT2D eigenvalue weighted by atomic mass is 35.5. The van der Waals surface area contributed by atoms with E-state index < -0.39 is 193 Å². The summed E-state index contributed by atoms with van der Waals surface area (Å²) < 4.78 is 97.0. The standard InChI is InChI=1S/C67H99ClF6N12O14/c1-11-31-100-40-50-60(94)79(5)37-51(87)75-46(25-23-42-22-24-44(45(68)34-42)67(72,73)74)59(93)86-28-18-21-47(86)58(92)77-65(26-16-17-27-65)64(98)84(10)56(43-19-14-13-15-20-43)63(97)83(9)48(61(95)85-29-32-99-33-30-85)35-52(88)81(7)49(36-66(69,70)71)57(91)76-55(41(3)12-2)62(96)80(6)38-53(89)78(4)39-54(90)82(50)8/h22,24,34,41,43,46-50,55-56H,11-21,23,25-33,35-40H2,1-10H3,(H,75,87)(H,76,91)(H,77,92)/t41-,46-,47?,48-,49-,50-,55-,56-/m0/s1. The number of ether oxygens (including phenoxy) is 2.